The zero-order chi connectivity index (χ0) is 11.7. The molecule has 1 saturated carbocycles. The van der Waals surface area contributed by atoms with Crippen molar-refractivity contribution in [1.82, 2.24) is 15.0 Å². The Morgan fingerprint density at radius 3 is 2.94 bits per heavy atom. The molecule has 2 fully saturated rings. The van der Waals surface area contributed by atoms with Gasteiger partial charge in [-0.15, -0.1) is 0 Å². The molecule has 5 heteroatoms. The summed E-state index contributed by atoms with van der Waals surface area (Å²) < 4.78 is 5.25. The fourth-order valence-corrected chi connectivity index (χ4v) is 2.48. The number of hydrogen-bond acceptors (Lipinski definition) is 5. The van der Waals surface area contributed by atoms with Crippen LogP contribution >= 0.6 is 0 Å². The van der Waals surface area contributed by atoms with E-state index in [0.29, 0.717) is 12.5 Å². The van der Waals surface area contributed by atoms with Crippen molar-refractivity contribution >= 4 is 0 Å². The number of nitrogens with zero attached hydrogens (tertiary/aromatic N) is 3. The molecule has 0 unspecified atom stereocenters. The first-order chi connectivity index (χ1) is 8.36. The predicted octanol–water partition coefficient (Wildman–Crippen LogP) is 1.29. The van der Waals surface area contributed by atoms with Gasteiger partial charge in [-0.05, 0) is 32.2 Å². The van der Waals surface area contributed by atoms with Gasteiger partial charge in [0.25, 0.3) is 0 Å². The molecule has 1 aromatic rings. The van der Waals surface area contributed by atoms with Crippen molar-refractivity contribution < 1.29 is 9.63 Å². The van der Waals surface area contributed by atoms with Gasteiger partial charge in [0.05, 0.1) is 13.2 Å². The van der Waals surface area contributed by atoms with Gasteiger partial charge in [0.1, 0.15) is 0 Å². The molecule has 5 nitrogen and oxygen atoms in total. The molecule has 17 heavy (non-hydrogen) atoms. The van der Waals surface area contributed by atoms with E-state index < -0.39 is 0 Å². The first kappa shape index (κ1) is 11.2. The summed E-state index contributed by atoms with van der Waals surface area (Å²) in [5, 5.41) is 13.4. The fourth-order valence-electron chi connectivity index (χ4n) is 2.48. The van der Waals surface area contributed by atoms with Gasteiger partial charge in [-0.25, -0.2) is 0 Å². The van der Waals surface area contributed by atoms with E-state index in [-0.39, 0.29) is 12.6 Å². The molecule has 1 aliphatic heterocycles. The van der Waals surface area contributed by atoms with Gasteiger partial charge in [0, 0.05) is 12.0 Å². The van der Waals surface area contributed by atoms with Crippen LogP contribution in [0.1, 0.15) is 49.7 Å². The molecule has 1 saturated heterocycles. The van der Waals surface area contributed by atoms with Crippen molar-refractivity contribution in [3.8, 4) is 0 Å². The Morgan fingerprint density at radius 2 is 2.18 bits per heavy atom. The molecule has 0 aromatic carbocycles. The molecule has 1 N–H and O–H groups in total. The van der Waals surface area contributed by atoms with E-state index >= 15 is 0 Å². The minimum absolute atomic E-state index is 0.229. The second kappa shape index (κ2) is 4.74. The Kier molecular flexibility index (Phi) is 3.11. The number of piperidine rings is 1. The molecule has 1 aliphatic carbocycles. The Labute approximate surface area is 101 Å². The maximum Gasteiger partial charge on any atom is 0.229 e. The van der Waals surface area contributed by atoms with Crippen LogP contribution in [0.3, 0.4) is 0 Å². The highest BCUT2D eigenvalue weighted by atomic mass is 16.5. The van der Waals surface area contributed by atoms with Crippen molar-refractivity contribution in [2.24, 2.45) is 0 Å². The Balaban J connectivity index is 1.63. The van der Waals surface area contributed by atoms with E-state index in [1.807, 2.05) is 0 Å². The second-order valence-electron chi connectivity index (χ2n) is 5.13. The van der Waals surface area contributed by atoms with Crippen LogP contribution in [0.4, 0.5) is 0 Å². The monoisotopic (exact) mass is 237 g/mol. The molecule has 94 valence electrons. The number of rotatable bonds is 4. The van der Waals surface area contributed by atoms with Crippen molar-refractivity contribution in [3.05, 3.63) is 11.7 Å². The first-order valence-electron chi connectivity index (χ1n) is 6.54. The van der Waals surface area contributed by atoms with E-state index in [0.717, 1.165) is 24.7 Å². The van der Waals surface area contributed by atoms with Gasteiger partial charge in [0.2, 0.25) is 5.89 Å². The Hall–Kier alpha value is -0.940. The van der Waals surface area contributed by atoms with Crippen LogP contribution in [-0.2, 0) is 6.54 Å². The van der Waals surface area contributed by atoms with Gasteiger partial charge in [-0.1, -0.05) is 11.6 Å². The zero-order valence-corrected chi connectivity index (χ0v) is 10.0. The number of hydrogen-bond donors (Lipinski definition) is 1. The lowest BCUT2D eigenvalue weighted by Gasteiger charge is -2.33. The summed E-state index contributed by atoms with van der Waals surface area (Å²) in [6.45, 7) is 1.97. The number of aliphatic hydroxyl groups excluding tert-OH is 1. The molecule has 2 aliphatic rings. The molecule has 1 aromatic heterocycles. The standard InChI is InChI=1S/C12H19N3O2/c16-8-10-3-1-2-6-15(10)7-11-13-12(17-14-11)9-4-5-9/h9-10,16H,1-8H2/t10-/m1/s1. The molecule has 0 spiro atoms. The van der Waals surface area contributed by atoms with Crippen molar-refractivity contribution in [1.29, 1.82) is 0 Å². The molecular weight excluding hydrogens is 218 g/mol. The zero-order valence-electron chi connectivity index (χ0n) is 10.0. The third kappa shape index (κ3) is 2.50. The van der Waals surface area contributed by atoms with E-state index in [1.165, 1.54) is 25.7 Å². The summed E-state index contributed by atoms with van der Waals surface area (Å²) in [5.74, 6) is 2.09. The quantitative estimate of drug-likeness (QED) is 0.855. The van der Waals surface area contributed by atoms with Crippen LogP contribution in [0, 0.1) is 0 Å². The number of likely N-dealkylation sites (tertiary alicyclic amines) is 1. The van der Waals surface area contributed by atoms with Gasteiger partial charge in [-0.3, -0.25) is 4.90 Å². The topological polar surface area (TPSA) is 62.4 Å². The average Bonchev–Trinajstić information content (AvgIpc) is 3.11. The summed E-state index contributed by atoms with van der Waals surface area (Å²) in [7, 11) is 0. The summed E-state index contributed by atoms with van der Waals surface area (Å²) in [6.07, 6.45) is 5.85. The van der Waals surface area contributed by atoms with Gasteiger partial charge in [-0.2, -0.15) is 4.98 Å². The maximum absolute atomic E-state index is 9.34. The smallest absolute Gasteiger partial charge is 0.229 e. The van der Waals surface area contributed by atoms with Crippen molar-refractivity contribution in [3.63, 3.8) is 0 Å². The van der Waals surface area contributed by atoms with Crippen LogP contribution in [0.25, 0.3) is 0 Å². The van der Waals surface area contributed by atoms with E-state index in [2.05, 4.69) is 15.0 Å². The van der Waals surface area contributed by atoms with Crippen LogP contribution < -0.4 is 0 Å². The third-order valence-corrected chi connectivity index (χ3v) is 3.71. The van der Waals surface area contributed by atoms with Crippen LogP contribution in [0.15, 0.2) is 4.52 Å². The van der Waals surface area contributed by atoms with Gasteiger partial charge in [0.15, 0.2) is 5.82 Å². The maximum atomic E-state index is 9.34. The molecule has 3 rings (SSSR count). The molecule has 2 heterocycles. The number of aromatic nitrogens is 2. The van der Waals surface area contributed by atoms with E-state index in [9.17, 15) is 5.11 Å². The summed E-state index contributed by atoms with van der Waals surface area (Å²) >= 11 is 0. The lowest BCUT2D eigenvalue weighted by atomic mass is 10.0. The Bertz CT molecular complexity index is 376. The molecule has 0 radical (unpaired) electrons. The average molecular weight is 237 g/mol. The van der Waals surface area contributed by atoms with Gasteiger partial charge < -0.3 is 9.63 Å². The van der Waals surface area contributed by atoms with Crippen molar-refractivity contribution in [2.45, 2.75) is 50.6 Å². The number of aliphatic hydroxyl groups is 1. The normalized spacial score (nSPS) is 26.3. The Morgan fingerprint density at radius 1 is 1.29 bits per heavy atom. The minimum Gasteiger partial charge on any atom is -0.395 e. The first-order valence-corrected chi connectivity index (χ1v) is 6.54. The minimum atomic E-state index is 0.229. The lowest BCUT2D eigenvalue weighted by Crippen LogP contribution is -2.41. The summed E-state index contributed by atoms with van der Waals surface area (Å²) in [5.41, 5.74) is 0. The molecular formula is C12H19N3O2. The molecule has 0 amide bonds. The van der Waals surface area contributed by atoms with E-state index in [4.69, 9.17) is 4.52 Å². The SMILES string of the molecule is OC[C@H]1CCCCN1Cc1noc(C2CC2)n1. The van der Waals surface area contributed by atoms with Gasteiger partial charge >= 0.3 is 0 Å². The highest BCUT2D eigenvalue weighted by molar-refractivity contribution is 5.01. The van der Waals surface area contributed by atoms with Crippen molar-refractivity contribution in [2.75, 3.05) is 13.2 Å². The predicted molar refractivity (Wildman–Crippen MR) is 61.4 cm³/mol. The largest absolute Gasteiger partial charge is 0.395 e. The molecule has 0 bridgehead atoms. The van der Waals surface area contributed by atoms with E-state index in [1.54, 1.807) is 0 Å². The van der Waals surface area contributed by atoms with Crippen LogP contribution in [-0.4, -0.2) is 39.3 Å². The summed E-state index contributed by atoms with van der Waals surface area (Å²) in [4.78, 5) is 6.70. The third-order valence-electron chi connectivity index (χ3n) is 3.71. The second-order valence-corrected chi connectivity index (χ2v) is 5.13. The van der Waals surface area contributed by atoms with Crippen LogP contribution in [0.2, 0.25) is 0 Å². The highest BCUT2D eigenvalue weighted by Crippen LogP contribution is 2.38. The molecule has 1 atom stereocenters. The summed E-state index contributed by atoms with van der Waals surface area (Å²) in [6, 6.07) is 0.270. The van der Waals surface area contributed by atoms with Crippen LogP contribution in [0.5, 0.6) is 0 Å². The highest BCUT2D eigenvalue weighted by Gasteiger charge is 2.30. The fraction of sp³-hybridized carbons (Fsp3) is 0.833. The lowest BCUT2D eigenvalue weighted by molar-refractivity contribution is 0.0812.